The molecule has 0 aliphatic carbocycles. The molecule has 0 saturated heterocycles. The molecule has 0 radical (unpaired) electrons. The Hall–Kier alpha value is -1.43. The van der Waals surface area contributed by atoms with Crippen LogP contribution in [0.1, 0.15) is 0 Å². The van der Waals surface area contributed by atoms with E-state index < -0.39 is 10.0 Å². The van der Waals surface area contributed by atoms with Crippen molar-refractivity contribution < 1.29 is 8.42 Å². The lowest BCUT2D eigenvalue weighted by Gasteiger charge is -2.10. The lowest BCUT2D eigenvalue weighted by atomic mass is 10.3. The summed E-state index contributed by atoms with van der Waals surface area (Å²) in [4.78, 5) is 0.0938. The maximum absolute atomic E-state index is 12.1. The van der Waals surface area contributed by atoms with Gasteiger partial charge in [-0.25, -0.2) is 8.42 Å². The largest absolute Gasteiger partial charge is 0.397 e. The van der Waals surface area contributed by atoms with Gasteiger partial charge in [0.25, 0.3) is 10.0 Å². The molecular weight excluding hydrogens is 307 g/mol. The molecule has 2 rings (SSSR count). The van der Waals surface area contributed by atoms with E-state index in [1.807, 2.05) is 0 Å². The van der Waals surface area contributed by atoms with Crippen LogP contribution < -0.4 is 10.5 Å². The highest BCUT2D eigenvalue weighted by molar-refractivity contribution is 7.92. The summed E-state index contributed by atoms with van der Waals surface area (Å²) >= 11 is 11.5. The molecule has 7 heteroatoms. The third kappa shape index (κ3) is 3.32. The highest BCUT2D eigenvalue weighted by Crippen LogP contribution is 2.26. The highest BCUT2D eigenvalue weighted by atomic mass is 35.5. The van der Waals surface area contributed by atoms with E-state index in [4.69, 9.17) is 28.9 Å². The molecule has 0 bridgehead atoms. The van der Waals surface area contributed by atoms with Crippen molar-refractivity contribution in [2.75, 3.05) is 10.5 Å². The number of halogens is 2. The van der Waals surface area contributed by atoms with Gasteiger partial charge < -0.3 is 5.73 Å². The molecule has 0 aliphatic heterocycles. The van der Waals surface area contributed by atoms with Crippen LogP contribution in [0.15, 0.2) is 47.4 Å². The fourth-order valence-corrected chi connectivity index (χ4v) is 2.81. The second kappa shape index (κ2) is 5.28. The average molecular weight is 317 g/mol. The van der Waals surface area contributed by atoms with Crippen molar-refractivity contribution in [3.05, 3.63) is 52.5 Å². The van der Waals surface area contributed by atoms with Gasteiger partial charge in [-0.05, 0) is 42.5 Å². The second-order valence-corrected chi connectivity index (χ2v) is 6.35. The minimum absolute atomic E-state index is 0.0938. The van der Waals surface area contributed by atoms with Gasteiger partial charge in [-0.3, -0.25) is 4.72 Å². The molecule has 0 fully saturated rings. The monoisotopic (exact) mass is 316 g/mol. The predicted molar refractivity (Wildman–Crippen MR) is 78.1 cm³/mol. The Morgan fingerprint density at radius 3 is 2.16 bits per heavy atom. The van der Waals surface area contributed by atoms with Crippen molar-refractivity contribution in [1.29, 1.82) is 0 Å². The summed E-state index contributed by atoms with van der Waals surface area (Å²) in [6.07, 6.45) is 0. The zero-order valence-corrected chi connectivity index (χ0v) is 11.9. The quantitative estimate of drug-likeness (QED) is 0.853. The van der Waals surface area contributed by atoms with Gasteiger partial charge in [0.1, 0.15) is 0 Å². The first-order valence-electron chi connectivity index (χ1n) is 5.22. The molecule has 4 nitrogen and oxygen atoms in total. The topological polar surface area (TPSA) is 72.2 Å². The molecule has 19 heavy (non-hydrogen) atoms. The van der Waals surface area contributed by atoms with E-state index in [1.54, 1.807) is 6.07 Å². The van der Waals surface area contributed by atoms with Crippen LogP contribution in [0.4, 0.5) is 11.4 Å². The van der Waals surface area contributed by atoms with Gasteiger partial charge in [0.2, 0.25) is 0 Å². The zero-order chi connectivity index (χ0) is 14.0. The lowest BCUT2D eigenvalue weighted by molar-refractivity contribution is 0.601. The van der Waals surface area contributed by atoms with Crippen molar-refractivity contribution in [2.45, 2.75) is 4.90 Å². The summed E-state index contributed by atoms with van der Waals surface area (Å²) in [5, 5.41) is 0.851. The Kier molecular flexibility index (Phi) is 3.89. The molecule has 2 aromatic carbocycles. The number of hydrogen-bond donors (Lipinski definition) is 2. The zero-order valence-electron chi connectivity index (χ0n) is 9.60. The Balaban J connectivity index is 2.36. The fraction of sp³-hybridized carbons (Fsp3) is 0. The second-order valence-electron chi connectivity index (χ2n) is 3.79. The molecule has 100 valence electrons. The standard InChI is InChI=1S/C12H10Cl2N2O2S/c13-8-1-4-10(5-2-8)19(17,18)16-12-7-9(14)3-6-11(12)15/h1-7,16H,15H2. The summed E-state index contributed by atoms with van der Waals surface area (Å²) in [7, 11) is -3.72. The van der Waals surface area contributed by atoms with Crippen molar-refractivity contribution in [2.24, 2.45) is 0 Å². The first-order valence-corrected chi connectivity index (χ1v) is 7.46. The predicted octanol–water partition coefficient (Wildman–Crippen LogP) is 3.38. The third-order valence-electron chi connectivity index (χ3n) is 2.38. The molecule has 0 aliphatic rings. The number of benzene rings is 2. The number of rotatable bonds is 3. The van der Waals surface area contributed by atoms with Crippen LogP contribution in [0.2, 0.25) is 10.0 Å². The van der Waals surface area contributed by atoms with Gasteiger partial charge in [0, 0.05) is 10.0 Å². The van der Waals surface area contributed by atoms with Crippen LogP contribution in [-0.2, 0) is 10.0 Å². The Morgan fingerprint density at radius 2 is 1.53 bits per heavy atom. The number of sulfonamides is 1. The molecule has 0 spiro atoms. The molecule has 0 aromatic heterocycles. The molecule has 0 amide bonds. The SMILES string of the molecule is Nc1ccc(Cl)cc1NS(=O)(=O)c1ccc(Cl)cc1. The van der Waals surface area contributed by atoms with Crippen LogP contribution in [0.25, 0.3) is 0 Å². The summed E-state index contributed by atoms with van der Waals surface area (Å²) in [6.45, 7) is 0. The van der Waals surface area contributed by atoms with Gasteiger partial charge in [-0.2, -0.15) is 0 Å². The van der Waals surface area contributed by atoms with E-state index >= 15 is 0 Å². The minimum Gasteiger partial charge on any atom is -0.397 e. The van der Waals surface area contributed by atoms with Crippen LogP contribution in [-0.4, -0.2) is 8.42 Å². The number of nitrogens with one attached hydrogen (secondary N) is 1. The van der Waals surface area contributed by atoms with Crippen molar-refractivity contribution in [1.82, 2.24) is 0 Å². The lowest BCUT2D eigenvalue weighted by Crippen LogP contribution is -2.14. The molecule has 0 heterocycles. The molecule has 0 atom stereocenters. The smallest absolute Gasteiger partial charge is 0.261 e. The van der Waals surface area contributed by atoms with E-state index in [1.165, 1.54) is 36.4 Å². The van der Waals surface area contributed by atoms with Gasteiger partial charge in [0.05, 0.1) is 16.3 Å². The van der Waals surface area contributed by atoms with Crippen molar-refractivity contribution >= 4 is 44.6 Å². The maximum Gasteiger partial charge on any atom is 0.261 e. The van der Waals surface area contributed by atoms with E-state index in [9.17, 15) is 8.42 Å². The van der Waals surface area contributed by atoms with Crippen LogP contribution >= 0.6 is 23.2 Å². The maximum atomic E-state index is 12.1. The normalized spacial score (nSPS) is 11.3. The third-order valence-corrected chi connectivity index (χ3v) is 4.25. The Morgan fingerprint density at radius 1 is 0.947 bits per heavy atom. The molecule has 2 aromatic rings. The summed E-state index contributed by atoms with van der Waals surface area (Å²) in [6, 6.07) is 10.4. The molecule has 0 unspecified atom stereocenters. The van der Waals surface area contributed by atoms with Crippen LogP contribution in [0, 0.1) is 0 Å². The van der Waals surface area contributed by atoms with Gasteiger partial charge in [-0.15, -0.1) is 0 Å². The molecular formula is C12H10Cl2N2O2S. The van der Waals surface area contributed by atoms with E-state index in [2.05, 4.69) is 4.72 Å². The molecule has 3 N–H and O–H groups in total. The fourth-order valence-electron chi connectivity index (χ4n) is 1.43. The Bertz CT molecular complexity index is 700. The summed E-state index contributed by atoms with van der Waals surface area (Å²) in [5.74, 6) is 0. The summed E-state index contributed by atoms with van der Waals surface area (Å²) < 4.78 is 26.6. The number of hydrogen-bond acceptors (Lipinski definition) is 3. The van der Waals surface area contributed by atoms with Gasteiger partial charge in [-0.1, -0.05) is 23.2 Å². The van der Waals surface area contributed by atoms with E-state index in [0.29, 0.717) is 15.7 Å². The first-order chi connectivity index (χ1) is 8.88. The average Bonchev–Trinajstić information content (AvgIpc) is 2.34. The number of nitrogens with two attached hydrogens (primary N) is 1. The van der Waals surface area contributed by atoms with E-state index in [-0.39, 0.29) is 10.6 Å². The number of anilines is 2. The van der Waals surface area contributed by atoms with Gasteiger partial charge in [0.15, 0.2) is 0 Å². The van der Waals surface area contributed by atoms with Crippen molar-refractivity contribution in [3.8, 4) is 0 Å². The number of nitrogen functional groups attached to an aromatic ring is 1. The van der Waals surface area contributed by atoms with E-state index in [0.717, 1.165) is 0 Å². The highest BCUT2D eigenvalue weighted by Gasteiger charge is 2.15. The first kappa shape index (κ1) is 14.0. The minimum atomic E-state index is -3.72. The van der Waals surface area contributed by atoms with Crippen LogP contribution in [0.3, 0.4) is 0 Å². The van der Waals surface area contributed by atoms with Crippen molar-refractivity contribution in [3.63, 3.8) is 0 Å². The van der Waals surface area contributed by atoms with Gasteiger partial charge >= 0.3 is 0 Å². The Labute approximate surface area is 121 Å². The van der Waals surface area contributed by atoms with Crippen LogP contribution in [0.5, 0.6) is 0 Å². The summed E-state index contributed by atoms with van der Waals surface area (Å²) in [5.41, 5.74) is 6.22. The molecule has 0 saturated carbocycles.